The van der Waals surface area contributed by atoms with Gasteiger partial charge in [-0.15, -0.1) is 0 Å². The molecule has 1 aromatic heterocycles. The smallest absolute Gasteiger partial charge is 0.227 e. The standard InChI is InChI=1S/C16H17BrN4O/c17-14-3-1-13(2-4-14)11-16(22)21-9-7-20(8-10-21)15-12-18-5-6-19-15/h1-6,12H,7-11H2. The highest BCUT2D eigenvalue weighted by Crippen LogP contribution is 2.14. The van der Waals surface area contributed by atoms with Gasteiger partial charge in [0.25, 0.3) is 0 Å². The fraction of sp³-hybridized carbons (Fsp3) is 0.312. The second kappa shape index (κ2) is 6.87. The molecule has 2 aromatic rings. The quantitative estimate of drug-likeness (QED) is 0.841. The highest BCUT2D eigenvalue weighted by molar-refractivity contribution is 9.10. The molecule has 1 fully saturated rings. The van der Waals surface area contributed by atoms with Gasteiger partial charge in [0.2, 0.25) is 5.91 Å². The van der Waals surface area contributed by atoms with Crippen LogP contribution in [0.15, 0.2) is 47.3 Å². The first kappa shape index (κ1) is 15.0. The summed E-state index contributed by atoms with van der Waals surface area (Å²) in [5.74, 6) is 1.06. The molecule has 0 unspecified atom stereocenters. The average molecular weight is 361 g/mol. The predicted octanol–water partition coefficient (Wildman–Crippen LogP) is 2.13. The topological polar surface area (TPSA) is 49.3 Å². The first-order valence-electron chi connectivity index (χ1n) is 7.25. The van der Waals surface area contributed by atoms with Crippen LogP contribution in [-0.4, -0.2) is 47.0 Å². The molecule has 2 heterocycles. The normalized spacial score (nSPS) is 15.0. The molecule has 1 saturated heterocycles. The number of amides is 1. The number of benzene rings is 1. The van der Waals surface area contributed by atoms with E-state index >= 15 is 0 Å². The maximum atomic E-state index is 12.4. The molecule has 114 valence electrons. The van der Waals surface area contributed by atoms with Crippen molar-refractivity contribution in [1.82, 2.24) is 14.9 Å². The average Bonchev–Trinajstić information content (AvgIpc) is 2.58. The summed E-state index contributed by atoms with van der Waals surface area (Å²) in [6, 6.07) is 7.90. The van der Waals surface area contributed by atoms with Gasteiger partial charge in [0.1, 0.15) is 5.82 Å². The van der Waals surface area contributed by atoms with E-state index in [0.717, 1.165) is 42.0 Å². The molecule has 0 radical (unpaired) electrons. The van der Waals surface area contributed by atoms with Crippen molar-refractivity contribution in [1.29, 1.82) is 0 Å². The SMILES string of the molecule is O=C(Cc1ccc(Br)cc1)N1CCN(c2cnccn2)CC1. The molecule has 6 heteroatoms. The van der Waals surface area contributed by atoms with Gasteiger partial charge >= 0.3 is 0 Å². The highest BCUT2D eigenvalue weighted by atomic mass is 79.9. The predicted molar refractivity (Wildman–Crippen MR) is 88.7 cm³/mol. The molecule has 0 atom stereocenters. The highest BCUT2D eigenvalue weighted by Gasteiger charge is 2.21. The van der Waals surface area contributed by atoms with Crippen molar-refractivity contribution in [3.8, 4) is 0 Å². The van der Waals surface area contributed by atoms with Crippen molar-refractivity contribution in [2.45, 2.75) is 6.42 Å². The second-order valence-electron chi connectivity index (χ2n) is 5.23. The monoisotopic (exact) mass is 360 g/mol. The van der Waals surface area contributed by atoms with Gasteiger partial charge in [-0.25, -0.2) is 4.98 Å². The third-order valence-corrected chi connectivity index (χ3v) is 4.30. The Morgan fingerprint density at radius 2 is 1.82 bits per heavy atom. The fourth-order valence-electron chi connectivity index (χ4n) is 2.53. The van der Waals surface area contributed by atoms with E-state index in [-0.39, 0.29) is 5.91 Å². The molecule has 0 N–H and O–H groups in total. The van der Waals surface area contributed by atoms with Crippen molar-refractivity contribution in [3.05, 3.63) is 52.9 Å². The van der Waals surface area contributed by atoms with Gasteiger partial charge in [-0.1, -0.05) is 28.1 Å². The Morgan fingerprint density at radius 3 is 2.45 bits per heavy atom. The van der Waals surface area contributed by atoms with E-state index in [1.165, 1.54) is 0 Å². The van der Waals surface area contributed by atoms with Gasteiger partial charge in [0.15, 0.2) is 0 Å². The van der Waals surface area contributed by atoms with Crippen LogP contribution >= 0.6 is 15.9 Å². The summed E-state index contributed by atoms with van der Waals surface area (Å²) in [5.41, 5.74) is 1.05. The Morgan fingerprint density at radius 1 is 1.09 bits per heavy atom. The van der Waals surface area contributed by atoms with Crippen molar-refractivity contribution in [2.75, 3.05) is 31.1 Å². The van der Waals surface area contributed by atoms with Crippen molar-refractivity contribution in [3.63, 3.8) is 0 Å². The number of hydrogen-bond acceptors (Lipinski definition) is 4. The van der Waals surface area contributed by atoms with Gasteiger partial charge in [0.05, 0.1) is 12.6 Å². The lowest BCUT2D eigenvalue weighted by molar-refractivity contribution is -0.130. The van der Waals surface area contributed by atoms with Crippen LogP contribution in [0.25, 0.3) is 0 Å². The third kappa shape index (κ3) is 3.62. The lowest BCUT2D eigenvalue weighted by atomic mass is 10.1. The summed E-state index contributed by atoms with van der Waals surface area (Å²) in [4.78, 5) is 24.8. The zero-order valence-corrected chi connectivity index (χ0v) is 13.7. The molecule has 3 rings (SSSR count). The Labute approximate surface area is 138 Å². The van der Waals surface area contributed by atoms with Crippen molar-refractivity contribution >= 4 is 27.7 Å². The first-order chi connectivity index (χ1) is 10.7. The molecule has 1 aromatic carbocycles. The zero-order chi connectivity index (χ0) is 15.4. The number of piperazine rings is 1. The summed E-state index contributed by atoms with van der Waals surface area (Å²) in [7, 11) is 0. The van der Waals surface area contributed by atoms with E-state index in [0.29, 0.717) is 6.42 Å². The van der Waals surface area contributed by atoms with Gasteiger partial charge in [-0.05, 0) is 17.7 Å². The van der Waals surface area contributed by atoms with Crippen LogP contribution in [0.5, 0.6) is 0 Å². The summed E-state index contributed by atoms with van der Waals surface area (Å²) < 4.78 is 1.03. The van der Waals surface area contributed by atoms with Gasteiger partial charge in [-0.3, -0.25) is 9.78 Å². The Hall–Kier alpha value is -1.95. The molecule has 1 amide bonds. The van der Waals surface area contributed by atoms with E-state index in [1.807, 2.05) is 29.2 Å². The molecule has 0 saturated carbocycles. The lowest BCUT2D eigenvalue weighted by Gasteiger charge is -2.35. The van der Waals surface area contributed by atoms with Crippen LogP contribution in [0.1, 0.15) is 5.56 Å². The molecule has 5 nitrogen and oxygen atoms in total. The summed E-state index contributed by atoms with van der Waals surface area (Å²) in [6.45, 7) is 3.05. The Balaban J connectivity index is 1.54. The van der Waals surface area contributed by atoms with Crippen molar-refractivity contribution in [2.24, 2.45) is 0 Å². The molecule has 0 bridgehead atoms. The molecule has 22 heavy (non-hydrogen) atoms. The lowest BCUT2D eigenvalue weighted by Crippen LogP contribution is -2.49. The van der Waals surface area contributed by atoms with Gasteiger partial charge < -0.3 is 9.80 Å². The zero-order valence-electron chi connectivity index (χ0n) is 12.2. The van der Waals surface area contributed by atoms with Gasteiger partial charge in [-0.2, -0.15) is 0 Å². The number of hydrogen-bond donors (Lipinski definition) is 0. The molecular formula is C16H17BrN4O. The van der Waals surface area contributed by atoms with E-state index < -0.39 is 0 Å². The largest absolute Gasteiger partial charge is 0.352 e. The number of carbonyl (C=O) groups is 1. The number of aromatic nitrogens is 2. The second-order valence-corrected chi connectivity index (χ2v) is 6.15. The van der Waals surface area contributed by atoms with E-state index in [2.05, 4.69) is 30.8 Å². The summed E-state index contributed by atoms with van der Waals surface area (Å²) in [5, 5.41) is 0. The van der Waals surface area contributed by atoms with Crippen LogP contribution in [0.3, 0.4) is 0 Å². The number of halogens is 1. The van der Waals surface area contributed by atoms with Crippen LogP contribution in [0, 0.1) is 0 Å². The van der Waals surface area contributed by atoms with Crippen LogP contribution < -0.4 is 4.90 Å². The fourth-order valence-corrected chi connectivity index (χ4v) is 2.79. The minimum atomic E-state index is 0.182. The minimum Gasteiger partial charge on any atom is -0.352 e. The van der Waals surface area contributed by atoms with Crippen LogP contribution in [0.2, 0.25) is 0 Å². The summed E-state index contributed by atoms with van der Waals surface area (Å²) in [6.07, 6.45) is 5.58. The maximum Gasteiger partial charge on any atom is 0.227 e. The van der Waals surface area contributed by atoms with E-state index in [4.69, 9.17) is 0 Å². The third-order valence-electron chi connectivity index (χ3n) is 3.77. The number of nitrogens with zero attached hydrogens (tertiary/aromatic N) is 4. The number of carbonyl (C=O) groups excluding carboxylic acids is 1. The number of rotatable bonds is 3. The van der Waals surface area contributed by atoms with Gasteiger partial charge in [0, 0.05) is 43.0 Å². The molecular weight excluding hydrogens is 344 g/mol. The van der Waals surface area contributed by atoms with Crippen LogP contribution in [-0.2, 0) is 11.2 Å². The Bertz CT molecular complexity index is 624. The minimum absolute atomic E-state index is 0.182. The molecule has 1 aliphatic heterocycles. The number of anilines is 1. The molecule has 0 aliphatic carbocycles. The van der Waals surface area contributed by atoms with Crippen LogP contribution in [0.4, 0.5) is 5.82 Å². The molecule has 0 spiro atoms. The maximum absolute atomic E-state index is 12.4. The van der Waals surface area contributed by atoms with E-state index in [9.17, 15) is 4.79 Å². The van der Waals surface area contributed by atoms with E-state index in [1.54, 1.807) is 18.6 Å². The Kier molecular flexibility index (Phi) is 4.68. The molecule has 1 aliphatic rings. The summed E-state index contributed by atoms with van der Waals surface area (Å²) >= 11 is 3.41. The van der Waals surface area contributed by atoms with Crippen molar-refractivity contribution < 1.29 is 4.79 Å². The first-order valence-corrected chi connectivity index (χ1v) is 8.05.